The zero-order chi connectivity index (χ0) is 16.7. The number of carbonyl (C=O) groups excluding carboxylic acids is 1. The van der Waals surface area contributed by atoms with Gasteiger partial charge in [-0.1, -0.05) is 24.9 Å². The molecule has 5 nitrogen and oxygen atoms in total. The Balaban J connectivity index is 1.68. The maximum Gasteiger partial charge on any atom is 0.315 e. The molecular weight excluding hydrogens is 310 g/mol. The number of aromatic nitrogens is 1. The predicted molar refractivity (Wildman–Crippen MR) is 95.0 cm³/mol. The molecule has 2 atom stereocenters. The zero-order valence-electron chi connectivity index (χ0n) is 14.5. The largest absolute Gasteiger partial charge is 0.361 e. The van der Waals surface area contributed by atoms with E-state index in [1.807, 2.05) is 25.6 Å². The lowest BCUT2D eigenvalue weighted by Crippen LogP contribution is -2.48. The van der Waals surface area contributed by atoms with Crippen LogP contribution in [0.3, 0.4) is 0 Å². The number of nitrogens with zero attached hydrogens (tertiary/aromatic N) is 1. The Bertz CT molecular complexity index is 483. The van der Waals surface area contributed by atoms with Gasteiger partial charge < -0.3 is 15.2 Å². The lowest BCUT2D eigenvalue weighted by atomic mass is 9.95. The third kappa shape index (κ3) is 5.44. The Hall–Kier alpha value is -1.17. The van der Waals surface area contributed by atoms with Gasteiger partial charge in [-0.05, 0) is 45.3 Å². The molecule has 23 heavy (non-hydrogen) atoms. The molecule has 130 valence electrons. The molecule has 0 unspecified atom stereocenters. The summed E-state index contributed by atoms with van der Waals surface area (Å²) in [5, 5.41) is 10.7. The van der Waals surface area contributed by atoms with Crippen LogP contribution < -0.4 is 10.6 Å². The van der Waals surface area contributed by atoms with E-state index in [2.05, 4.69) is 22.7 Å². The fraction of sp³-hybridized carbons (Fsp3) is 0.765. The first-order chi connectivity index (χ1) is 11.1. The van der Waals surface area contributed by atoms with Gasteiger partial charge in [-0.15, -0.1) is 0 Å². The summed E-state index contributed by atoms with van der Waals surface area (Å²) in [7, 11) is 0. The molecule has 1 saturated carbocycles. The van der Waals surface area contributed by atoms with Crippen LogP contribution in [0.15, 0.2) is 4.52 Å². The van der Waals surface area contributed by atoms with E-state index in [4.69, 9.17) is 4.52 Å². The van der Waals surface area contributed by atoms with Crippen LogP contribution in [-0.4, -0.2) is 34.8 Å². The van der Waals surface area contributed by atoms with Crippen molar-refractivity contribution in [3.8, 4) is 0 Å². The van der Waals surface area contributed by atoms with Crippen LogP contribution in [0, 0.1) is 13.8 Å². The van der Waals surface area contributed by atoms with Crippen molar-refractivity contribution in [2.45, 2.75) is 70.6 Å². The molecule has 1 aliphatic rings. The fourth-order valence-electron chi connectivity index (χ4n) is 3.22. The van der Waals surface area contributed by atoms with Crippen molar-refractivity contribution in [3.05, 3.63) is 17.0 Å². The third-order valence-electron chi connectivity index (χ3n) is 4.47. The molecule has 1 fully saturated rings. The highest BCUT2D eigenvalue weighted by molar-refractivity contribution is 7.99. The van der Waals surface area contributed by atoms with Gasteiger partial charge >= 0.3 is 6.03 Å². The summed E-state index contributed by atoms with van der Waals surface area (Å²) in [4.78, 5) is 12.1. The summed E-state index contributed by atoms with van der Waals surface area (Å²) < 4.78 is 5.16. The Morgan fingerprint density at radius 2 is 2.13 bits per heavy atom. The normalized spacial score (nSPS) is 21.2. The molecule has 0 aliphatic heterocycles. The molecule has 0 spiro atoms. The minimum absolute atomic E-state index is 0.0302. The van der Waals surface area contributed by atoms with E-state index in [1.54, 1.807) is 0 Å². The van der Waals surface area contributed by atoms with E-state index < -0.39 is 0 Å². The van der Waals surface area contributed by atoms with Crippen LogP contribution in [-0.2, 0) is 6.42 Å². The van der Waals surface area contributed by atoms with Crippen molar-refractivity contribution in [1.82, 2.24) is 15.8 Å². The molecule has 6 heteroatoms. The van der Waals surface area contributed by atoms with Crippen LogP contribution in [0.1, 0.15) is 56.0 Å². The molecule has 1 aromatic heterocycles. The molecule has 0 saturated heterocycles. The van der Waals surface area contributed by atoms with Crippen molar-refractivity contribution in [2.24, 2.45) is 0 Å². The maximum atomic E-state index is 12.1. The Kier molecular flexibility index (Phi) is 7.27. The number of rotatable bonds is 7. The minimum Gasteiger partial charge on any atom is -0.361 e. The molecule has 1 aromatic rings. The number of urea groups is 1. The highest BCUT2D eigenvalue weighted by Crippen LogP contribution is 2.28. The number of carbonyl (C=O) groups is 1. The second kappa shape index (κ2) is 9.21. The van der Waals surface area contributed by atoms with E-state index in [1.165, 1.54) is 24.8 Å². The summed E-state index contributed by atoms with van der Waals surface area (Å²) in [5.74, 6) is 2.00. The van der Waals surface area contributed by atoms with Gasteiger partial charge in [0.15, 0.2) is 0 Å². The van der Waals surface area contributed by atoms with Gasteiger partial charge in [0.2, 0.25) is 0 Å². The van der Waals surface area contributed by atoms with Gasteiger partial charge in [-0.25, -0.2) is 4.79 Å². The summed E-state index contributed by atoms with van der Waals surface area (Å²) >= 11 is 1.97. The van der Waals surface area contributed by atoms with Gasteiger partial charge in [-0.2, -0.15) is 11.8 Å². The Morgan fingerprint density at radius 3 is 2.83 bits per heavy atom. The topological polar surface area (TPSA) is 67.2 Å². The molecule has 2 rings (SSSR count). The van der Waals surface area contributed by atoms with E-state index >= 15 is 0 Å². The standard InChI is InChI=1S/C17H29N3O2S/c1-4-23-16-10-6-5-9-15(16)19-17(21)18-11-7-8-14-12(2)20-22-13(14)3/h15-16H,4-11H2,1-3H3,(H2,18,19,21)/t15-,16-/m1/s1. The van der Waals surface area contributed by atoms with Crippen molar-refractivity contribution < 1.29 is 9.32 Å². The van der Waals surface area contributed by atoms with Crippen LogP contribution in [0.2, 0.25) is 0 Å². The molecule has 2 amide bonds. The second-order valence-corrected chi connectivity index (χ2v) is 7.71. The first-order valence-corrected chi connectivity index (χ1v) is 9.74. The van der Waals surface area contributed by atoms with E-state index in [0.717, 1.165) is 36.5 Å². The summed E-state index contributed by atoms with van der Waals surface area (Å²) in [5.41, 5.74) is 2.12. The lowest BCUT2D eigenvalue weighted by molar-refractivity contribution is 0.233. The quantitative estimate of drug-likeness (QED) is 0.745. The lowest BCUT2D eigenvalue weighted by Gasteiger charge is -2.31. The van der Waals surface area contributed by atoms with Crippen molar-refractivity contribution >= 4 is 17.8 Å². The van der Waals surface area contributed by atoms with E-state index in [0.29, 0.717) is 17.8 Å². The number of amides is 2. The Labute approximate surface area is 143 Å². The number of hydrogen-bond donors (Lipinski definition) is 2. The minimum atomic E-state index is -0.0302. The number of aryl methyl sites for hydroxylation is 2. The van der Waals surface area contributed by atoms with Gasteiger partial charge in [0.05, 0.1) is 5.69 Å². The highest BCUT2D eigenvalue weighted by atomic mass is 32.2. The van der Waals surface area contributed by atoms with Gasteiger partial charge in [0.25, 0.3) is 0 Å². The molecule has 2 N–H and O–H groups in total. The third-order valence-corrected chi connectivity index (χ3v) is 5.80. The van der Waals surface area contributed by atoms with Crippen LogP contribution in [0.4, 0.5) is 4.79 Å². The summed E-state index contributed by atoms with van der Waals surface area (Å²) in [6.45, 7) is 6.75. The van der Waals surface area contributed by atoms with E-state index in [9.17, 15) is 4.79 Å². The summed E-state index contributed by atoms with van der Waals surface area (Å²) in [6, 6.07) is 0.286. The first kappa shape index (κ1) is 18.2. The maximum absolute atomic E-state index is 12.1. The van der Waals surface area contributed by atoms with Gasteiger partial charge in [-0.3, -0.25) is 0 Å². The van der Waals surface area contributed by atoms with Crippen molar-refractivity contribution in [1.29, 1.82) is 0 Å². The highest BCUT2D eigenvalue weighted by Gasteiger charge is 2.26. The van der Waals surface area contributed by atoms with Gasteiger partial charge in [0.1, 0.15) is 5.76 Å². The average Bonchev–Trinajstić information content (AvgIpc) is 2.85. The summed E-state index contributed by atoms with van der Waals surface area (Å²) in [6.07, 6.45) is 6.61. The number of thioether (sulfide) groups is 1. The average molecular weight is 340 g/mol. The molecule has 0 bridgehead atoms. The number of hydrogen-bond acceptors (Lipinski definition) is 4. The van der Waals surface area contributed by atoms with Crippen LogP contribution >= 0.6 is 11.8 Å². The molecule has 0 aromatic carbocycles. The predicted octanol–water partition coefficient (Wildman–Crippen LogP) is 3.59. The monoisotopic (exact) mass is 339 g/mol. The fourth-order valence-corrected chi connectivity index (χ4v) is 4.42. The Morgan fingerprint density at radius 1 is 1.35 bits per heavy atom. The van der Waals surface area contributed by atoms with Crippen LogP contribution in [0.5, 0.6) is 0 Å². The second-order valence-electron chi connectivity index (χ2n) is 6.19. The van der Waals surface area contributed by atoms with Gasteiger partial charge in [0, 0.05) is 23.4 Å². The van der Waals surface area contributed by atoms with Crippen molar-refractivity contribution in [2.75, 3.05) is 12.3 Å². The van der Waals surface area contributed by atoms with E-state index in [-0.39, 0.29) is 6.03 Å². The molecule has 1 heterocycles. The molecule has 1 aliphatic carbocycles. The molecule has 0 radical (unpaired) electrons. The molecular formula is C17H29N3O2S. The first-order valence-electron chi connectivity index (χ1n) is 8.69. The zero-order valence-corrected chi connectivity index (χ0v) is 15.3. The van der Waals surface area contributed by atoms with Crippen LogP contribution in [0.25, 0.3) is 0 Å². The number of nitrogens with one attached hydrogen (secondary N) is 2. The smallest absolute Gasteiger partial charge is 0.315 e. The SMILES string of the molecule is CCS[C@@H]1CCCC[C@H]1NC(=O)NCCCc1c(C)noc1C. The van der Waals surface area contributed by atoms with Crippen molar-refractivity contribution in [3.63, 3.8) is 0 Å².